The molecule has 3 aliphatic heterocycles. The third kappa shape index (κ3) is 6.98. The molecule has 3 aliphatic rings. The van der Waals surface area contributed by atoms with Crippen molar-refractivity contribution >= 4 is 29.3 Å². The molecule has 1 unspecified atom stereocenters. The first-order valence-electron chi connectivity index (χ1n) is 13.9. The lowest BCUT2D eigenvalue weighted by Gasteiger charge is -2.33. The van der Waals surface area contributed by atoms with Crippen molar-refractivity contribution in [2.45, 2.75) is 25.1 Å². The van der Waals surface area contributed by atoms with Crippen LogP contribution in [0.5, 0.6) is 5.75 Å². The minimum Gasteiger partial charge on any atom is -0.481 e. The number of nitrogens with one attached hydrogen (secondary N) is 2. The first-order valence-corrected chi connectivity index (χ1v) is 13.9. The fraction of sp³-hybridized carbons (Fsp3) is 0.400. The van der Waals surface area contributed by atoms with Gasteiger partial charge in [-0.05, 0) is 42.8 Å². The van der Waals surface area contributed by atoms with E-state index < -0.39 is 41.4 Å². The number of piperidine rings is 1. The largest absolute Gasteiger partial charge is 0.481 e. The number of anilines is 1. The highest BCUT2D eigenvalue weighted by molar-refractivity contribution is 6.25. The third-order valence-corrected chi connectivity index (χ3v) is 7.60. The Kier molecular flexibility index (Phi) is 8.98. The maximum atomic E-state index is 13.2. The lowest BCUT2D eigenvalue weighted by atomic mass is 10.0. The molecular weight excluding hydrogens is 567 g/mol. The van der Waals surface area contributed by atoms with E-state index in [0.717, 1.165) is 43.2 Å². The minimum absolute atomic E-state index is 0.0645. The Bertz CT molecular complexity index is 1460. The van der Waals surface area contributed by atoms with Gasteiger partial charge in [0.2, 0.25) is 11.8 Å². The maximum absolute atomic E-state index is 13.2. The van der Waals surface area contributed by atoms with Gasteiger partial charge in [0.25, 0.3) is 11.8 Å². The number of piperazine rings is 1. The molecule has 1 atom stereocenters. The van der Waals surface area contributed by atoms with E-state index in [2.05, 4.69) is 32.3 Å². The van der Waals surface area contributed by atoms with Crippen molar-refractivity contribution in [1.29, 1.82) is 0 Å². The van der Waals surface area contributed by atoms with Crippen LogP contribution in [0.4, 0.5) is 18.9 Å². The summed E-state index contributed by atoms with van der Waals surface area (Å²) in [5.74, 6) is 4.12. The number of carbonyl (C=O) groups excluding carboxylic acids is 4. The van der Waals surface area contributed by atoms with Gasteiger partial charge >= 0.3 is 6.18 Å². The fourth-order valence-corrected chi connectivity index (χ4v) is 5.26. The zero-order chi connectivity index (χ0) is 30.6. The van der Waals surface area contributed by atoms with Crippen LogP contribution in [-0.4, -0.2) is 96.8 Å². The molecule has 226 valence electrons. The second-order valence-electron chi connectivity index (χ2n) is 10.4. The molecule has 4 amide bonds. The molecule has 0 aliphatic carbocycles. The van der Waals surface area contributed by atoms with Crippen molar-refractivity contribution in [2.75, 3.05) is 57.7 Å². The molecule has 2 N–H and O–H groups in total. The number of hydrogen-bond donors (Lipinski definition) is 2. The smallest absolute Gasteiger partial charge is 0.416 e. The maximum Gasteiger partial charge on any atom is 0.416 e. The molecule has 3 heterocycles. The minimum atomic E-state index is -4.38. The van der Waals surface area contributed by atoms with Crippen LogP contribution in [0.3, 0.4) is 0 Å². The molecule has 5 rings (SSSR count). The molecule has 2 fully saturated rings. The van der Waals surface area contributed by atoms with E-state index in [-0.39, 0.29) is 30.6 Å². The Morgan fingerprint density at radius 1 is 0.930 bits per heavy atom. The Labute approximate surface area is 246 Å². The second-order valence-corrected chi connectivity index (χ2v) is 10.4. The van der Waals surface area contributed by atoms with Gasteiger partial charge in [0.1, 0.15) is 18.4 Å². The average molecular weight is 598 g/mol. The van der Waals surface area contributed by atoms with Crippen LogP contribution in [0, 0.1) is 11.8 Å². The number of imide groups is 2. The summed E-state index contributed by atoms with van der Waals surface area (Å²) in [5, 5.41) is 5.47. The number of fused-ring (bicyclic) bond motifs is 1. The van der Waals surface area contributed by atoms with Crippen LogP contribution in [-0.2, 0) is 15.8 Å². The number of halogens is 3. The molecule has 43 heavy (non-hydrogen) atoms. The summed E-state index contributed by atoms with van der Waals surface area (Å²) in [4.78, 5) is 55.5. The number of hydrogen-bond acceptors (Lipinski definition) is 8. The van der Waals surface area contributed by atoms with E-state index in [4.69, 9.17) is 4.74 Å². The molecule has 0 bridgehead atoms. The summed E-state index contributed by atoms with van der Waals surface area (Å²) in [6, 6.07) is 8.48. The van der Waals surface area contributed by atoms with Crippen LogP contribution in [0.15, 0.2) is 42.5 Å². The number of carbonyl (C=O) groups is 4. The number of amides is 4. The van der Waals surface area contributed by atoms with Crippen LogP contribution in [0.2, 0.25) is 0 Å². The third-order valence-electron chi connectivity index (χ3n) is 7.60. The SMILES string of the molecule is O=C1CCC(N2C(=O)c3cccc(NCCN4CCN(CC#CCOc5ccc(C(F)(F)F)cc5)CC4)c3C2=O)C(=O)N1. The molecule has 13 heteroatoms. The van der Waals surface area contributed by atoms with Crippen molar-refractivity contribution in [3.63, 3.8) is 0 Å². The molecule has 0 saturated carbocycles. The lowest BCUT2D eigenvalue weighted by Crippen LogP contribution is -2.54. The van der Waals surface area contributed by atoms with Crippen molar-refractivity contribution < 1.29 is 37.1 Å². The zero-order valence-corrected chi connectivity index (χ0v) is 23.2. The number of nitrogens with zero attached hydrogens (tertiary/aromatic N) is 3. The first-order chi connectivity index (χ1) is 20.6. The van der Waals surface area contributed by atoms with Gasteiger partial charge in [-0.25, -0.2) is 0 Å². The van der Waals surface area contributed by atoms with E-state index in [1.54, 1.807) is 18.2 Å². The molecule has 2 aromatic carbocycles. The van der Waals surface area contributed by atoms with Crippen LogP contribution in [0.25, 0.3) is 0 Å². The summed E-state index contributed by atoms with van der Waals surface area (Å²) >= 11 is 0. The van der Waals surface area contributed by atoms with E-state index in [1.807, 2.05) is 0 Å². The summed E-state index contributed by atoms with van der Waals surface area (Å²) in [5.41, 5.74) is 0.273. The van der Waals surface area contributed by atoms with E-state index >= 15 is 0 Å². The number of benzene rings is 2. The Morgan fingerprint density at radius 3 is 2.35 bits per heavy atom. The van der Waals surface area contributed by atoms with Gasteiger partial charge in [0.05, 0.1) is 23.2 Å². The fourth-order valence-electron chi connectivity index (χ4n) is 5.26. The van der Waals surface area contributed by atoms with Crippen molar-refractivity contribution in [3.05, 3.63) is 59.2 Å². The number of alkyl halides is 3. The predicted molar refractivity (Wildman–Crippen MR) is 149 cm³/mol. The standard InChI is InChI=1S/C30H30F3N5O5/c31-30(32,33)20-6-8-21(9-7-20)43-19-2-1-13-36-15-17-37(18-16-36)14-12-34-23-5-3-4-22-26(23)29(42)38(28(22)41)24-10-11-25(39)35-27(24)40/h3-9,24,34H,10-19H2,(H,35,39,40). The van der Waals surface area contributed by atoms with Gasteiger partial charge in [-0.1, -0.05) is 17.9 Å². The number of ether oxygens (including phenoxy) is 1. The highest BCUT2D eigenvalue weighted by Gasteiger charge is 2.45. The van der Waals surface area contributed by atoms with Crippen molar-refractivity contribution in [2.24, 2.45) is 0 Å². The quantitative estimate of drug-likeness (QED) is 0.352. The van der Waals surface area contributed by atoms with Crippen LogP contribution < -0.4 is 15.4 Å². The van der Waals surface area contributed by atoms with Crippen molar-refractivity contribution in [3.8, 4) is 17.6 Å². The monoisotopic (exact) mass is 597 g/mol. The Balaban J connectivity index is 1.04. The molecule has 0 radical (unpaired) electrons. The van der Waals surface area contributed by atoms with Gasteiger partial charge in [0.15, 0.2) is 0 Å². The molecule has 2 aromatic rings. The van der Waals surface area contributed by atoms with E-state index in [9.17, 15) is 32.3 Å². The first kappa shape index (κ1) is 30.1. The van der Waals surface area contributed by atoms with Gasteiger partial charge in [-0.2, -0.15) is 13.2 Å². The Morgan fingerprint density at radius 2 is 1.65 bits per heavy atom. The van der Waals surface area contributed by atoms with Gasteiger partial charge in [0, 0.05) is 51.4 Å². The van der Waals surface area contributed by atoms with Crippen LogP contribution in [0.1, 0.15) is 39.1 Å². The van der Waals surface area contributed by atoms with Gasteiger partial charge in [-0.3, -0.25) is 39.2 Å². The van der Waals surface area contributed by atoms with Crippen molar-refractivity contribution in [1.82, 2.24) is 20.0 Å². The Hall–Kier alpha value is -4.41. The molecular formula is C30H30F3N5O5. The topological polar surface area (TPSA) is 111 Å². The highest BCUT2D eigenvalue weighted by Crippen LogP contribution is 2.32. The summed E-state index contributed by atoms with van der Waals surface area (Å²) in [7, 11) is 0. The lowest BCUT2D eigenvalue weighted by molar-refractivity contribution is -0.138. The normalized spacial score (nSPS) is 19.5. The average Bonchev–Trinajstić information content (AvgIpc) is 3.23. The van der Waals surface area contributed by atoms with Crippen LogP contribution >= 0.6 is 0 Å². The molecule has 0 spiro atoms. The summed E-state index contributed by atoms with van der Waals surface area (Å²) < 4.78 is 43.3. The summed E-state index contributed by atoms with van der Waals surface area (Å²) in [6.07, 6.45) is -4.21. The molecule has 2 saturated heterocycles. The zero-order valence-electron chi connectivity index (χ0n) is 23.2. The second kappa shape index (κ2) is 12.8. The predicted octanol–water partition coefficient (Wildman–Crippen LogP) is 2.22. The van der Waals surface area contributed by atoms with E-state index in [0.29, 0.717) is 31.1 Å². The molecule has 10 nitrogen and oxygen atoms in total. The summed E-state index contributed by atoms with van der Waals surface area (Å²) in [6.45, 7) is 5.14. The highest BCUT2D eigenvalue weighted by atomic mass is 19.4. The van der Waals surface area contributed by atoms with Gasteiger partial charge < -0.3 is 10.1 Å². The van der Waals surface area contributed by atoms with Gasteiger partial charge in [-0.15, -0.1) is 0 Å². The number of rotatable bonds is 8. The molecule has 0 aromatic heterocycles. The van der Waals surface area contributed by atoms with E-state index in [1.165, 1.54) is 12.1 Å².